The van der Waals surface area contributed by atoms with Crippen LogP contribution in [0, 0.1) is 6.92 Å². The number of nitrogens with zero attached hydrogens (tertiary/aromatic N) is 4. The minimum atomic E-state index is -0.0245. The number of amides is 1. The van der Waals surface area contributed by atoms with Gasteiger partial charge in [-0.25, -0.2) is 15.0 Å². The fraction of sp³-hybridized carbons (Fsp3) is 0.500. The first-order chi connectivity index (χ1) is 11.6. The fourth-order valence-electron chi connectivity index (χ4n) is 2.76. The maximum Gasteiger partial charge on any atom is 0.226 e. The van der Waals surface area contributed by atoms with Gasteiger partial charge in [-0.05, 0) is 19.4 Å². The molecule has 24 heavy (non-hydrogen) atoms. The van der Waals surface area contributed by atoms with Crippen LogP contribution in [0.5, 0.6) is 0 Å². The molecule has 1 saturated heterocycles. The van der Waals surface area contributed by atoms with Crippen LogP contribution in [-0.2, 0) is 23.0 Å². The van der Waals surface area contributed by atoms with Crippen LogP contribution >= 0.6 is 0 Å². The summed E-state index contributed by atoms with van der Waals surface area (Å²) in [7, 11) is 1.88. The standard InChI is InChI=1S/C16H22N6O2/c1-11-18-5-3-15(19-11)20-14-9-24-6-4-13(14)21-16(23)7-12-8-17-10-22(12)2/h3,5,8,10,13-14H,4,6-7,9H2,1-2H3,(H,21,23)(H,18,19,20)/t13-,14+/m0/s1. The molecule has 8 heteroatoms. The normalized spacial score (nSPS) is 20.6. The highest BCUT2D eigenvalue weighted by Crippen LogP contribution is 2.14. The fourth-order valence-corrected chi connectivity index (χ4v) is 2.76. The molecule has 2 N–H and O–H groups in total. The third kappa shape index (κ3) is 4.08. The Hall–Kier alpha value is -2.48. The minimum Gasteiger partial charge on any atom is -0.379 e. The second-order valence-corrected chi connectivity index (χ2v) is 5.95. The van der Waals surface area contributed by atoms with Crippen molar-refractivity contribution in [1.29, 1.82) is 0 Å². The monoisotopic (exact) mass is 330 g/mol. The predicted octanol–water partition coefficient (Wildman–Crippen LogP) is 0.447. The summed E-state index contributed by atoms with van der Waals surface area (Å²) >= 11 is 0. The van der Waals surface area contributed by atoms with E-state index in [0.29, 0.717) is 25.5 Å². The van der Waals surface area contributed by atoms with Gasteiger partial charge < -0.3 is 19.9 Å². The van der Waals surface area contributed by atoms with Crippen molar-refractivity contribution in [1.82, 2.24) is 24.8 Å². The van der Waals surface area contributed by atoms with Crippen molar-refractivity contribution < 1.29 is 9.53 Å². The second-order valence-electron chi connectivity index (χ2n) is 5.95. The van der Waals surface area contributed by atoms with Crippen LogP contribution in [0.4, 0.5) is 5.82 Å². The number of hydrogen-bond acceptors (Lipinski definition) is 6. The molecule has 8 nitrogen and oxygen atoms in total. The quantitative estimate of drug-likeness (QED) is 0.826. The molecule has 3 rings (SSSR count). The molecule has 2 aromatic heterocycles. The number of carbonyl (C=O) groups excluding carboxylic acids is 1. The largest absolute Gasteiger partial charge is 0.379 e. The van der Waals surface area contributed by atoms with Crippen molar-refractivity contribution in [3.05, 3.63) is 36.3 Å². The number of rotatable bonds is 5. The first-order valence-electron chi connectivity index (χ1n) is 8.00. The highest BCUT2D eigenvalue weighted by atomic mass is 16.5. The lowest BCUT2D eigenvalue weighted by atomic mass is 10.0. The molecule has 0 bridgehead atoms. The average Bonchev–Trinajstić information content (AvgIpc) is 2.94. The van der Waals surface area contributed by atoms with Gasteiger partial charge in [0.05, 0.1) is 31.4 Å². The van der Waals surface area contributed by atoms with E-state index < -0.39 is 0 Å². The van der Waals surface area contributed by atoms with Crippen LogP contribution < -0.4 is 10.6 Å². The highest BCUT2D eigenvalue weighted by molar-refractivity contribution is 5.78. The van der Waals surface area contributed by atoms with Gasteiger partial charge in [-0.15, -0.1) is 0 Å². The molecule has 0 unspecified atom stereocenters. The lowest BCUT2D eigenvalue weighted by Gasteiger charge is -2.33. The zero-order chi connectivity index (χ0) is 16.9. The van der Waals surface area contributed by atoms with Gasteiger partial charge >= 0.3 is 0 Å². The minimum absolute atomic E-state index is 0.00486. The van der Waals surface area contributed by atoms with Gasteiger partial charge in [-0.1, -0.05) is 0 Å². The summed E-state index contributed by atoms with van der Waals surface area (Å²) in [5.74, 6) is 1.42. The zero-order valence-corrected chi connectivity index (χ0v) is 13.9. The molecule has 3 heterocycles. The molecule has 128 valence electrons. The van der Waals surface area contributed by atoms with Crippen molar-refractivity contribution in [3.8, 4) is 0 Å². The Bertz CT molecular complexity index is 701. The topological polar surface area (TPSA) is 94.0 Å². The molecule has 0 radical (unpaired) electrons. The van der Waals surface area contributed by atoms with Crippen LogP contribution in [0.2, 0.25) is 0 Å². The number of ether oxygens (including phenoxy) is 1. The number of anilines is 1. The third-order valence-electron chi connectivity index (χ3n) is 4.07. The van der Waals surface area contributed by atoms with Crippen LogP contribution in [0.25, 0.3) is 0 Å². The van der Waals surface area contributed by atoms with Crippen LogP contribution in [0.1, 0.15) is 17.9 Å². The molecule has 2 aromatic rings. The Labute approximate surface area is 140 Å². The number of aryl methyl sites for hydroxylation is 2. The predicted molar refractivity (Wildman–Crippen MR) is 88.5 cm³/mol. The zero-order valence-electron chi connectivity index (χ0n) is 13.9. The highest BCUT2D eigenvalue weighted by Gasteiger charge is 2.27. The van der Waals surface area contributed by atoms with E-state index in [0.717, 1.165) is 17.9 Å². The summed E-state index contributed by atoms with van der Waals surface area (Å²) < 4.78 is 7.40. The van der Waals surface area contributed by atoms with Gasteiger partial charge in [-0.3, -0.25) is 4.79 Å². The SMILES string of the molecule is Cc1nccc(N[C@@H]2COCC[C@@H]2NC(=O)Cc2cncn2C)n1. The number of aromatic nitrogens is 4. The van der Waals surface area contributed by atoms with E-state index in [1.165, 1.54) is 0 Å². The lowest BCUT2D eigenvalue weighted by Crippen LogP contribution is -2.52. The number of carbonyl (C=O) groups is 1. The summed E-state index contributed by atoms with van der Waals surface area (Å²) in [5.41, 5.74) is 0.885. The van der Waals surface area contributed by atoms with Crippen molar-refractivity contribution in [2.45, 2.75) is 31.8 Å². The van der Waals surface area contributed by atoms with Gasteiger partial charge in [0.15, 0.2) is 0 Å². The molecule has 2 atom stereocenters. The van der Waals surface area contributed by atoms with Crippen molar-refractivity contribution >= 4 is 11.7 Å². The molecule has 0 saturated carbocycles. The molecular formula is C16H22N6O2. The second kappa shape index (κ2) is 7.39. The number of imidazole rings is 1. The van der Waals surface area contributed by atoms with Crippen LogP contribution in [-0.4, -0.2) is 50.7 Å². The summed E-state index contributed by atoms with van der Waals surface area (Å²) in [5, 5.41) is 6.44. The van der Waals surface area contributed by atoms with E-state index in [4.69, 9.17) is 4.74 Å². The van der Waals surface area contributed by atoms with E-state index in [-0.39, 0.29) is 18.0 Å². The molecular weight excluding hydrogens is 308 g/mol. The molecule has 1 fully saturated rings. The van der Waals surface area contributed by atoms with Gasteiger partial charge in [0.25, 0.3) is 0 Å². The van der Waals surface area contributed by atoms with E-state index in [9.17, 15) is 4.79 Å². The maximum atomic E-state index is 12.3. The van der Waals surface area contributed by atoms with Gasteiger partial charge in [0.2, 0.25) is 5.91 Å². The van der Waals surface area contributed by atoms with Crippen LogP contribution in [0.3, 0.4) is 0 Å². The van der Waals surface area contributed by atoms with Crippen molar-refractivity contribution in [3.63, 3.8) is 0 Å². The maximum absolute atomic E-state index is 12.3. The molecule has 0 spiro atoms. The van der Waals surface area contributed by atoms with E-state index in [1.807, 2.05) is 24.6 Å². The third-order valence-corrected chi connectivity index (χ3v) is 4.07. The number of hydrogen-bond donors (Lipinski definition) is 2. The van der Waals surface area contributed by atoms with Gasteiger partial charge in [-0.2, -0.15) is 0 Å². The van der Waals surface area contributed by atoms with Gasteiger partial charge in [0, 0.05) is 31.7 Å². The lowest BCUT2D eigenvalue weighted by molar-refractivity contribution is -0.121. The van der Waals surface area contributed by atoms with Gasteiger partial charge in [0.1, 0.15) is 11.6 Å². The number of nitrogens with one attached hydrogen (secondary N) is 2. The Morgan fingerprint density at radius 3 is 3.08 bits per heavy atom. The van der Waals surface area contributed by atoms with Crippen molar-refractivity contribution in [2.24, 2.45) is 7.05 Å². The van der Waals surface area contributed by atoms with Crippen LogP contribution in [0.15, 0.2) is 24.8 Å². The Balaban J connectivity index is 1.61. The molecule has 1 amide bonds. The first kappa shape index (κ1) is 16.4. The average molecular weight is 330 g/mol. The van der Waals surface area contributed by atoms with E-state index in [1.54, 1.807) is 18.7 Å². The smallest absolute Gasteiger partial charge is 0.226 e. The van der Waals surface area contributed by atoms with E-state index in [2.05, 4.69) is 25.6 Å². The summed E-state index contributed by atoms with van der Waals surface area (Å²) in [6.45, 7) is 3.01. The Kier molecular flexibility index (Phi) is 5.05. The summed E-state index contributed by atoms with van der Waals surface area (Å²) in [6.07, 6.45) is 6.19. The summed E-state index contributed by atoms with van der Waals surface area (Å²) in [6, 6.07) is 1.79. The Morgan fingerprint density at radius 1 is 1.46 bits per heavy atom. The molecule has 0 aliphatic carbocycles. The summed E-state index contributed by atoms with van der Waals surface area (Å²) in [4.78, 5) is 24.8. The Morgan fingerprint density at radius 2 is 2.33 bits per heavy atom. The molecule has 1 aliphatic heterocycles. The van der Waals surface area contributed by atoms with E-state index >= 15 is 0 Å². The molecule has 0 aromatic carbocycles. The molecule has 1 aliphatic rings. The first-order valence-corrected chi connectivity index (χ1v) is 8.00. The van der Waals surface area contributed by atoms with Crippen molar-refractivity contribution in [2.75, 3.05) is 18.5 Å².